The van der Waals surface area contributed by atoms with Crippen molar-refractivity contribution in [2.24, 2.45) is 0 Å². The van der Waals surface area contributed by atoms with E-state index in [2.05, 4.69) is 4.98 Å². The fraction of sp³-hybridized carbons (Fsp3) is 0. The van der Waals surface area contributed by atoms with Crippen LogP contribution in [0.1, 0.15) is 15.9 Å². The first-order valence-electron chi connectivity index (χ1n) is 6.94. The highest BCUT2D eigenvalue weighted by molar-refractivity contribution is 6.35. The van der Waals surface area contributed by atoms with Crippen LogP contribution in [0.15, 0.2) is 53.3 Å². The predicted octanol–water partition coefficient (Wildman–Crippen LogP) is 5.38. The van der Waals surface area contributed by atoms with Crippen molar-refractivity contribution in [2.75, 3.05) is 0 Å². The number of carbonyl (C=O) groups excluding carboxylic acids is 1. The SMILES string of the molecule is O=C(C=Cc1ccc(Cl)cc1Cl)c1cc2ccc(Cl)cc2[nH]c1=O. The molecule has 6 heteroatoms. The van der Waals surface area contributed by atoms with Crippen molar-refractivity contribution in [2.45, 2.75) is 0 Å². The van der Waals surface area contributed by atoms with Crippen LogP contribution in [-0.4, -0.2) is 10.8 Å². The highest BCUT2D eigenvalue weighted by Crippen LogP contribution is 2.22. The molecule has 0 saturated heterocycles. The van der Waals surface area contributed by atoms with Crippen LogP contribution >= 0.6 is 34.8 Å². The van der Waals surface area contributed by atoms with Gasteiger partial charge in [0.25, 0.3) is 5.56 Å². The molecule has 3 rings (SSSR count). The second kappa shape index (κ2) is 6.81. The van der Waals surface area contributed by atoms with E-state index in [1.807, 2.05) is 0 Å². The number of aromatic amines is 1. The number of hydrogen-bond acceptors (Lipinski definition) is 2. The molecule has 0 spiro atoms. The second-order valence-electron chi connectivity index (χ2n) is 5.11. The number of ketones is 1. The molecule has 1 heterocycles. The van der Waals surface area contributed by atoms with Crippen molar-refractivity contribution in [3.8, 4) is 0 Å². The smallest absolute Gasteiger partial charge is 0.259 e. The Morgan fingerprint density at radius 1 is 0.958 bits per heavy atom. The van der Waals surface area contributed by atoms with Crippen LogP contribution in [0.2, 0.25) is 15.1 Å². The van der Waals surface area contributed by atoms with Gasteiger partial charge in [-0.2, -0.15) is 0 Å². The molecule has 3 aromatic rings. The summed E-state index contributed by atoms with van der Waals surface area (Å²) in [7, 11) is 0. The summed E-state index contributed by atoms with van der Waals surface area (Å²) in [5, 5.41) is 2.16. The molecule has 0 saturated carbocycles. The Labute approximate surface area is 152 Å². The van der Waals surface area contributed by atoms with Crippen molar-refractivity contribution in [3.63, 3.8) is 0 Å². The number of aromatic nitrogens is 1. The summed E-state index contributed by atoms with van der Waals surface area (Å²) in [5.41, 5.74) is 0.792. The number of benzene rings is 2. The first kappa shape index (κ1) is 16.8. The van der Waals surface area contributed by atoms with Gasteiger partial charge in [-0.15, -0.1) is 0 Å². The minimum Gasteiger partial charge on any atom is -0.321 e. The predicted molar refractivity (Wildman–Crippen MR) is 99.4 cm³/mol. The zero-order chi connectivity index (χ0) is 17.3. The zero-order valence-corrected chi connectivity index (χ0v) is 14.4. The third-order valence-corrected chi connectivity index (χ3v) is 4.25. The number of pyridine rings is 1. The van der Waals surface area contributed by atoms with Gasteiger partial charge in [0.2, 0.25) is 0 Å². The molecule has 24 heavy (non-hydrogen) atoms. The van der Waals surface area contributed by atoms with Gasteiger partial charge in [-0.1, -0.05) is 46.9 Å². The van der Waals surface area contributed by atoms with E-state index in [0.717, 1.165) is 5.39 Å². The van der Waals surface area contributed by atoms with Crippen LogP contribution in [0.3, 0.4) is 0 Å². The van der Waals surface area contributed by atoms with Gasteiger partial charge in [0.1, 0.15) is 0 Å². The van der Waals surface area contributed by atoms with E-state index in [-0.39, 0.29) is 5.56 Å². The van der Waals surface area contributed by atoms with Crippen LogP contribution in [0.5, 0.6) is 0 Å². The molecule has 0 fully saturated rings. The lowest BCUT2D eigenvalue weighted by atomic mass is 10.1. The van der Waals surface area contributed by atoms with Gasteiger partial charge in [-0.3, -0.25) is 9.59 Å². The van der Waals surface area contributed by atoms with Gasteiger partial charge < -0.3 is 4.98 Å². The summed E-state index contributed by atoms with van der Waals surface area (Å²) in [6, 6.07) is 11.6. The van der Waals surface area contributed by atoms with Crippen LogP contribution < -0.4 is 5.56 Å². The van der Waals surface area contributed by atoms with Crippen LogP contribution in [0.4, 0.5) is 0 Å². The van der Waals surface area contributed by atoms with Gasteiger partial charge in [0.15, 0.2) is 5.78 Å². The zero-order valence-electron chi connectivity index (χ0n) is 12.1. The Morgan fingerprint density at radius 2 is 1.67 bits per heavy atom. The van der Waals surface area contributed by atoms with Crippen molar-refractivity contribution in [3.05, 3.63) is 85.1 Å². The lowest BCUT2D eigenvalue weighted by Crippen LogP contribution is -2.16. The summed E-state index contributed by atoms with van der Waals surface area (Å²) < 4.78 is 0. The molecule has 0 bridgehead atoms. The first-order chi connectivity index (χ1) is 11.4. The molecule has 120 valence electrons. The van der Waals surface area contributed by atoms with Crippen molar-refractivity contribution in [1.82, 2.24) is 4.98 Å². The maximum Gasteiger partial charge on any atom is 0.259 e. The fourth-order valence-corrected chi connectivity index (χ4v) is 2.89. The molecule has 0 aliphatic heterocycles. The van der Waals surface area contributed by atoms with Crippen LogP contribution in [0, 0.1) is 0 Å². The van der Waals surface area contributed by atoms with E-state index in [1.165, 1.54) is 6.08 Å². The number of nitrogens with one attached hydrogen (secondary N) is 1. The number of allylic oxidation sites excluding steroid dienone is 1. The lowest BCUT2D eigenvalue weighted by molar-refractivity contribution is 0.104. The number of H-pyrrole nitrogens is 1. The minimum absolute atomic E-state index is 0.0474. The van der Waals surface area contributed by atoms with E-state index >= 15 is 0 Å². The Bertz CT molecular complexity index is 1040. The standard InChI is InChI=1S/C18H10Cl3NO2/c19-12-4-1-10(15(21)8-12)3-6-17(23)14-7-11-2-5-13(20)9-16(11)22-18(14)24/h1-9H,(H,22,24). The van der Waals surface area contributed by atoms with E-state index in [1.54, 1.807) is 48.5 Å². The lowest BCUT2D eigenvalue weighted by Gasteiger charge is -2.02. The maximum atomic E-state index is 12.3. The molecule has 0 aliphatic rings. The van der Waals surface area contributed by atoms with Crippen LogP contribution in [0.25, 0.3) is 17.0 Å². The van der Waals surface area contributed by atoms with Crippen molar-refractivity contribution >= 4 is 57.6 Å². The highest BCUT2D eigenvalue weighted by atomic mass is 35.5. The topological polar surface area (TPSA) is 49.9 Å². The average molecular weight is 379 g/mol. The van der Waals surface area contributed by atoms with E-state index in [4.69, 9.17) is 34.8 Å². The molecule has 0 atom stereocenters. The molecule has 0 aliphatic carbocycles. The first-order valence-corrected chi connectivity index (χ1v) is 8.07. The largest absolute Gasteiger partial charge is 0.321 e. The normalized spacial score (nSPS) is 11.3. The third kappa shape index (κ3) is 3.54. The molecular formula is C18H10Cl3NO2. The van der Waals surface area contributed by atoms with Crippen molar-refractivity contribution < 1.29 is 4.79 Å². The molecule has 1 N–H and O–H groups in total. The summed E-state index contributed by atoms with van der Waals surface area (Å²) in [5.74, 6) is -0.417. The number of hydrogen-bond donors (Lipinski definition) is 1. The Balaban J connectivity index is 1.96. The van der Waals surface area contributed by atoms with E-state index in [0.29, 0.717) is 26.1 Å². The average Bonchev–Trinajstić information content (AvgIpc) is 2.53. The number of carbonyl (C=O) groups is 1. The molecule has 0 amide bonds. The molecule has 3 nitrogen and oxygen atoms in total. The maximum absolute atomic E-state index is 12.3. The molecule has 2 aromatic carbocycles. The van der Waals surface area contributed by atoms with Gasteiger partial charge in [0.05, 0.1) is 5.56 Å². The Kier molecular flexibility index (Phi) is 4.76. The summed E-state index contributed by atoms with van der Waals surface area (Å²) in [6.45, 7) is 0. The second-order valence-corrected chi connectivity index (χ2v) is 6.39. The molecule has 1 aromatic heterocycles. The highest BCUT2D eigenvalue weighted by Gasteiger charge is 2.10. The number of fused-ring (bicyclic) bond motifs is 1. The van der Waals surface area contributed by atoms with Crippen LogP contribution in [-0.2, 0) is 0 Å². The van der Waals surface area contributed by atoms with Gasteiger partial charge >= 0.3 is 0 Å². The Morgan fingerprint density at radius 3 is 2.42 bits per heavy atom. The van der Waals surface area contributed by atoms with Crippen molar-refractivity contribution in [1.29, 1.82) is 0 Å². The number of rotatable bonds is 3. The molecule has 0 radical (unpaired) electrons. The quantitative estimate of drug-likeness (QED) is 0.491. The van der Waals surface area contributed by atoms with E-state index < -0.39 is 11.3 Å². The van der Waals surface area contributed by atoms with Gasteiger partial charge in [-0.05, 0) is 53.4 Å². The summed E-state index contributed by atoms with van der Waals surface area (Å²) in [4.78, 5) is 27.1. The van der Waals surface area contributed by atoms with Gasteiger partial charge in [0, 0.05) is 20.6 Å². The monoisotopic (exact) mass is 377 g/mol. The summed E-state index contributed by atoms with van der Waals surface area (Å²) >= 11 is 17.8. The Hall–Kier alpha value is -2.07. The van der Waals surface area contributed by atoms with E-state index in [9.17, 15) is 9.59 Å². The molecule has 0 unspecified atom stereocenters. The van der Waals surface area contributed by atoms with Gasteiger partial charge in [-0.25, -0.2) is 0 Å². The molecular weight excluding hydrogens is 369 g/mol. The number of halogens is 3. The fourth-order valence-electron chi connectivity index (χ4n) is 2.25. The minimum atomic E-state index is -0.471. The summed E-state index contributed by atoms with van der Waals surface area (Å²) in [6.07, 6.45) is 2.86. The third-order valence-electron chi connectivity index (χ3n) is 3.45.